The molecule has 13 nitrogen and oxygen atoms in total. The lowest BCUT2D eigenvalue weighted by atomic mass is 10.0. The number of hydrogen-bond acceptors (Lipinski definition) is 9. The van der Waals surface area contributed by atoms with Crippen molar-refractivity contribution in [3.05, 3.63) is 54.1 Å². The summed E-state index contributed by atoms with van der Waals surface area (Å²) in [5, 5.41) is 9.94. The van der Waals surface area contributed by atoms with E-state index in [-0.39, 0.29) is 54.7 Å². The number of aromatic nitrogens is 3. The highest BCUT2D eigenvalue weighted by molar-refractivity contribution is 7.90. The molecule has 1 aromatic carbocycles. The van der Waals surface area contributed by atoms with Crippen LogP contribution in [0, 0.1) is 11.7 Å². The summed E-state index contributed by atoms with van der Waals surface area (Å²) in [7, 11) is -2.59. The molecule has 3 heterocycles. The lowest BCUT2D eigenvalue weighted by Gasteiger charge is -2.26. The third-order valence-corrected chi connectivity index (χ3v) is 12.3. The van der Waals surface area contributed by atoms with Gasteiger partial charge in [-0.05, 0) is 62.6 Å². The van der Waals surface area contributed by atoms with Crippen LogP contribution in [0.15, 0.2) is 42.6 Å². The maximum absolute atomic E-state index is 15.6. The zero-order valence-corrected chi connectivity index (χ0v) is 31.3. The van der Waals surface area contributed by atoms with Crippen molar-refractivity contribution in [3.63, 3.8) is 0 Å². The van der Waals surface area contributed by atoms with E-state index in [1.54, 1.807) is 18.3 Å². The minimum absolute atomic E-state index is 0.00597. The van der Waals surface area contributed by atoms with Crippen LogP contribution < -0.4 is 24.8 Å². The van der Waals surface area contributed by atoms with Gasteiger partial charge in [-0.1, -0.05) is 51.7 Å². The molecule has 0 saturated heterocycles. The first-order valence-electron chi connectivity index (χ1n) is 18.6. The number of ether oxygens (including phenoxy) is 2. The number of rotatable bonds is 10. The molecule has 2 fully saturated rings. The minimum atomic E-state index is -3.95. The average molecular weight is 753 g/mol. The third-order valence-electron chi connectivity index (χ3n) is 10.4. The quantitative estimate of drug-likeness (QED) is 0.238. The molecule has 3 N–H and O–H groups in total. The molecular weight excluding hydrogens is 704 g/mol. The monoisotopic (exact) mass is 752 g/mol. The number of allylic oxidation sites excluding steroid dienone is 1. The molecule has 53 heavy (non-hydrogen) atoms. The molecule has 0 bridgehead atoms. The molecule has 0 unspecified atom stereocenters. The molecule has 15 heteroatoms. The smallest absolute Gasteiger partial charge is 0.259 e. The van der Waals surface area contributed by atoms with Crippen molar-refractivity contribution in [1.82, 2.24) is 30.1 Å². The first-order valence-corrected chi connectivity index (χ1v) is 20.2. The molecule has 3 aromatic rings. The predicted octanol–water partition coefficient (Wildman–Crippen LogP) is 5.12. The van der Waals surface area contributed by atoms with Gasteiger partial charge in [-0.2, -0.15) is 5.10 Å². The van der Waals surface area contributed by atoms with Crippen molar-refractivity contribution in [3.8, 4) is 17.3 Å². The molecule has 1 aliphatic heterocycles. The Labute approximate surface area is 309 Å². The Morgan fingerprint density at radius 2 is 1.87 bits per heavy atom. The average Bonchev–Trinajstić information content (AvgIpc) is 3.59. The summed E-state index contributed by atoms with van der Waals surface area (Å²) >= 11 is 0. The van der Waals surface area contributed by atoms with Crippen LogP contribution in [0.2, 0.25) is 0 Å². The minimum Gasteiger partial charge on any atom is -0.494 e. The highest BCUT2D eigenvalue weighted by Gasteiger charge is 2.61. The molecule has 3 amide bonds. The van der Waals surface area contributed by atoms with Crippen molar-refractivity contribution >= 4 is 38.6 Å². The molecule has 0 spiro atoms. The SMILES string of the molecule is COc1ccc2c(OCC[C@@H]3NC(=O)CCCCC/C=C\[C@@H]4C[C@@]4(C(=O)NS(=O)(=O)C4CCCCC4)NC3=O)cc(-n3ccc(C(C)C)n3)nc2c1F. The number of methoxy groups -OCH3 is 1. The van der Waals surface area contributed by atoms with E-state index in [0.29, 0.717) is 30.5 Å². The van der Waals surface area contributed by atoms with Crippen molar-refractivity contribution in [2.75, 3.05) is 13.7 Å². The van der Waals surface area contributed by atoms with Gasteiger partial charge in [0, 0.05) is 36.4 Å². The van der Waals surface area contributed by atoms with Gasteiger partial charge in [-0.3, -0.25) is 19.1 Å². The van der Waals surface area contributed by atoms with Crippen molar-refractivity contribution in [2.24, 2.45) is 5.92 Å². The van der Waals surface area contributed by atoms with Crippen LogP contribution in [0.1, 0.15) is 103 Å². The Morgan fingerprint density at radius 1 is 1.09 bits per heavy atom. The van der Waals surface area contributed by atoms with E-state index in [0.717, 1.165) is 44.2 Å². The maximum Gasteiger partial charge on any atom is 0.259 e. The summed E-state index contributed by atoms with van der Waals surface area (Å²) in [5.41, 5.74) is -0.650. The Bertz CT molecular complexity index is 1980. The van der Waals surface area contributed by atoms with E-state index in [4.69, 9.17) is 9.47 Å². The van der Waals surface area contributed by atoms with Crippen LogP contribution in [0.25, 0.3) is 16.7 Å². The Kier molecular flexibility index (Phi) is 11.7. The van der Waals surface area contributed by atoms with Gasteiger partial charge < -0.3 is 20.1 Å². The second-order valence-corrected chi connectivity index (χ2v) is 16.5. The summed E-state index contributed by atoms with van der Waals surface area (Å²) in [4.78, 5) is 45.3. The number of pyridine rings is 1. The Balaban J connectivity index is 1.24. The normalized spacial score (nSPS) is 23.7. The second-order valence-electron chi connectivity index (χ2n) is 14.6. The lowest BCUT2D eigenvalue weighted by Crippen LogP contribution is -2.57. The Morgan fingerprint density at radius 3 is 2.60 bits per heavy atom. The molecule has 6 rings (SSSR count). The molecule has 2 saturated carbocycles. The highest BCUT2D eigenvalue weighted by Crippen LogP contribution is 2.45. The van der Waals surface area contributed by atoms with E-state index in [1.807, 2.05) is 32.1 Å². The zero-order chi connectivity index (χ0) is 37.8. The molecule has 3 aliphatic rings. The summed E-state index contributed by atoms with van der Waals surface area (Å²) in [6.07, 6.45) is 12.5. The van der Waals surface area contributed by atoms with Crippen LogP contribution in [0.4, 0.5) is 4.39 Å². The lowest BCUT2D eigenvalue weighted by molar-refractivity contribution is -0.132. The Hall–Kier alpha value is -4.53. The van der Waals surface area contributed by atoms with E-state index < -0.39 is 50.4 Å². The number of carbonyl (C=O) groups is 3. The van der Waals surface area contributed by atoms with Gasteiger partial charge in [0.25, 0.3) is 5.91 Å². The van der Waals surface area contributed by atoms with Gasteiger partial charge in [-0.15, -0.1) is 0 Å². The standard InChI is InChI=1S/C38H49FN6O7S/c1-24(2)28-18-20-45(43-28)32-22-31(27-16-17-30(51-3)34(39)35(27)41-32)52-21-19-29-36(47)42-38(37(48)44-53(49,50)26-13-9-7-10-14-26)23-25(38)12-8-5-4-6-11-15-33(46)40-29/h8,12,16-18,20,22,24-26,29H,4-7,9-11,13-15,19,21,23H2,1-3H3,(H,40,46)(H,42,47)(H,44,48)/b12-8-/t25-,29+,38-/m1/s1. The third kappa shape index (κ3) is 8.66. The molecule has 0 radical (unpaired) electrons. The summed E-state index contributed by atoms with van der Waals surface area (Å²) in [6, 6.07) is 5.48. The molecule has 2 aromatic heterocycles. The largest absolute Gasteiger partial charge is 0.494 e. The van der Waals surface area contributed by atoms with Crippen LogP contribution in [-0.4, -0.2) is 71.5 Å². The van der Waals surface area contributed by atoms with Gasteiger partial charge >= 0.3 is 0 Å². The fourth-order valence-corrected chi connectivity index (χ4v) is 8.70. The first-order chi connectivity index (χ1) is 25.4. The van der Waals surface area contributed by atoms with Crippen LogP contribution in [0.3, 0.4) is 0 Å². The number of halogens is 1. The number of benzene rings is 1. The summed E-state index contributed by atoms with van der Waals surface area (Å²) < 4.78 is 57.3. The van der Waals surface area contributed by atoms with Crippen molar-refractivity contribution < 1.29 is 36.7 Å². The molecule has 2 aliphatic carbocycles. The summed E-state index contributed by atoms with van der Waals surface area (Å²) in [6.45, 7) is 3.93. The fourth-order valence-electron chi connectivity index (χ4n) is 7.14. The van der Waals surface area contributed by atoms with Crippen molar-refractivity contribution in [1.29, 1.82) is 0 Å². The highest BCUT2D eigenvalue weighted by atomic mass is 32.2. The number of sulfonamides is 1. The molecule has 3 atom stereocenters. The van der Waals surface area contributed by atoms with Gasteiger partial charge in [-0.25, -0.2) is 22.5 Å². The molecule has 286 valence electrons. The van der Waals surface area contributed by atoms with Gasteiger partial charge in [0.1, 0.15) is 22.8 Å². The van der Waals surface area contributed by atoms with Crippen LogP contribution in [-0.2, 0) is 24.4 Å². The van der Waals surface area contributed by atoms with E-state index >= 15 is 4.39 Å². The van der Waals surface area contributed by atoms with Gasteiger partial charge in [0.15, 0.2) is 17.4 Å². The first kappa shape index (κ1) is 38.2. The van der Waals surface area contributed by atoms with E-state index in [9.17, 15) is 22.8 Å². The number of nitrogens with one attached hydrogen (secondary N) is 3. The second kappa shape index (κ2) is 16.2. The number of hydrogen-bond donors (Lipinski definition) is 3. The number of carbonyl (C=O) groups excluding carboxylic acids is 3. The number of amides is 3. The topological polar surface area (TPSA) is 171 Å². The molecular formula is C38H49FN6O7S. The van der Waals surface area contributed by atoms with Gasteiger partial charge in [0.05, 0.1) is 24.7 Å². The van der Waals surface area contributed by atoms with Crippen molar-refractivity contribution in [2.45, 2.75) is 114 Å². The predicted molar refractivity (Wildman–Crippen MR) is 197 cm³/mol. The maximum atomic E-state index is 15.6. The summed E-state index contributed by atoms with van der Waals surface area (Å²) in [5.74, 6) is -2.07. The van der Waals surface area contributed by atoms with Crippen LogP contribution >= 0.6 is 0 Å². The zero-order valence-electron chi connectivity index (χ0n) is 30.5. The van der Waals surface area contributed by atoms with E-state index in [1.165, 1.54) is 17.9 Å². The van der Waals surface area contributed by atoms with E-state index in [2.05, 4.69) is 25.4 Å². The number of fused-ring (bicyclic) bond motifs is 2. The van der Waals surface area contributed by atoms with Crippen LogP contribution in [0.5, 0.6) is 11.5 Å². The van der Waals surface area contributed by atoms with Gasteiger partial charge in [0.2, 0.25) is 21.8 Å². The number of nitrogens with zero attached hydrogens (tertiary/aromatic N) is 3. The fraction of sp³-hybridized carbons (Fsp3) is 0.553.